The summed E-state index contributed by atoms with van der Waals surface area (Å²) in [6.45, 7) is 0. The minimum Gasteiger partial charge on any atom is -0.366 e. The molecule has 98 valence electrons. The Morgan fingerprint density at radius 1 is 1.26 bits per heavy atom. The van der Waals surface area contributed by atoms with Gasteiger partial charge in [-0.2, -0.15) is 0 Å². The molecule has 0 bridgehead atoms. The van der Waals surface area contributed by atoms with Crippen LogP contribution in [0.5, 0.6) is 0 Å². The SMILES string of the molecule is Cn1ccc(CC(=O)Nc2ccccc2C(N)=O)c1. The van der Waals surface area contributed by atoms with E-state index in [1.807, 2.05) is 30.1 Å². The van der Waals surface area contributed by atoms with E-state index in [2.05, 4.69) is 5.32 Å². The summed E-state index contributed by atoms with van der Waals surface area (Å²) in [6.07, 6.45) is 4.01. The predicted octanol–water partition coefficient (Wildman–Crippen LogP) is 1.31. The molecule has 0 radical (unpaired) electrons. The highest BCUT2D eigenvalue weighted by Gasteiger charge is 2.10. The Bertz CT molecular complexity index is 617. The number of benzene rings is 1. The zero-order valence-electron chi connectivity index (χ0n) is 10.6. The van der Waals surface area contributed by atoms with Crippen LogP contribution in [0.3, 0.4) is 0 Å². The summed E-state index contributed by atoms with van der Waals surface area (Å²) in [5, 5.41) is 2.70. The molecule has 1 aromatic carbocycles. The molecule has 0 atom stereocenters. The number of rotatable bonds is 4. The monoisotopic (exact) mass is 257 g/mol. The molecule has 0 aliphatic heterocycles. The van der Waals surface area contributed by atoms with Crippen molar-refractivity contribution in [1.29, 1.82) is 0 Å². The zero-order chi connectivity index (χ0) is 13.8. The summed E-state index contributed by atoms with van der Waals surface area (Å²) in [5.74, 6) is -0.740. The number of hydrogen-bond acceptors (Lipinski definition) is 2. The molecule has 1 heterocycles. The predicted molar refractivity (Wildman–Crippen MR) is 72.7 cm³/mol. The molecule has 0 spiro atoms. The molecule has 19 heavy (non-hydrogen) atoms. The number of aryl methyl sites for hydroxylation is 1. The van der Waals surface area contributed by atoms with Crippen molar-refractivity contribution in [1.82, 2.24) is 4.57 Å². The van der Waals surface area contributed by atoms with E-state index in [0.29, 0.717) is 11.3 Å². The van der Waals surface area contributed by atoms with Crippen LogP contribution in [-0.4, -0.2) is 16.4 Å². The van der Waals surface area contributed by atoms with Crippen LogP contribution < -0.4 is 11.1 Å². The molecule has 5 heteroatoms. The van der Waals surface area contributed by atoms with Gasteiger partial charge in [-0.25, -0.2) is 0 Å². The molecule has 0 aliphatic rings. The number of hydrogen-bond donors (Lipinski definition) is 2. The second-order valence-electron chi connectivity index (χ2n) is 4.32. The lowest BCUT2D eigenvalue weighted by atomic mass is 10.1. The Hall–Kier alpha value is -2.56. The lowest BCUT2D eigenvalue weighted by molar-refractivity contribution is -0.115. The summed E-state index contributed by atoms with van der Waals surface area (Å²) in [7, 11) is 1.89. The highest BCUT2D eigenvalue weighted by molar-refractivity contribution is 6.03. The summed E-state index contributed by atoms with van der Waals surface area (Å²) >= 11 is 0. The number of nitrogens with one attached hydrogen (secondary N) is 1. The second-order valence-corrected chi connectivity index (χ2v) is 4.32. The maximum atomic E-state index is 11.9. The normalized spacial score (nSPS) is 10.2. The van der Waals surface area contributed by atoms with Crippen molar-refractivity contribution >= 4 is 17.5 Å². The molecule has 3 N–H and O–H groups in total. The fraction of sp³-hybridized carbons (Fsp3) is 0.143. The van der Waals surface area contributed by atoms with E-state index in [0.717, 1.165) is 5.56 Å². The van der Waals surface area contributed by atoms with Gasteiger partial charge in [0.25, 0.3) is 5.91 Å². The van der Waals surface area contributed by atoms with Crippen LogP contribution in [0.15, 0.2) is 42.7 Å². The van der Waals surface area contributed by atoms with E-state index in [1.165, 1.54) is 0 Å². The van der Waals surface area contributed by atoms with Crippen LogP contribution in [0.2, 0.25) is 0 Å². The van der Waals surface area contributed by atoms with Crippen LogP contribution in [0.1, 0.15) is 15.9 Å². The van der Waals surface area contributed by atoms with Crippen molar-refractivity contribution in [2.45, 2.75) is 6.42 Å². The molecule has 0 saturated carbocycles. The number of nitrogens with two attached hydrogens (primary N) is 1. The Morgan fingerprint density at radius 3 is 2.63 bits per heavy atom. The molecule has 5 nitrogen and oxygen atoms in total. The van der Waals surface area contributed by atoms with E-state index >= 15 is 0 Å². The van der Waals surface area contributed by atoms with Crippen molar-refractivity contribution in [3.8, 4) is 0 Å². The van der Waals surface area contributed by atoms with Crippen molar-refractivity contribution < 1.29 is 9.59 Å². The van der Waals surface area contributed by atoms with Crippen LogP contribution in [-0.2, 0) is 18.3 Å². The van der Waals surface area contributed by atoms with Crippen molar-refractivity contribution in [3.05, 3.63) is 53.9 Å². The molecule has 0 aliphatic carbocycles. The van der Waals surface area contributed by atoms with E-state index in [-0.39, 0.29) is 12.3 Å². The molecule has 0 fully saturated rings. The number of primary amides is 1. The van der Waals surface area contributed by atoms with Crippen molar-refractivity contribution in [3.63, 3.8) is 0 Å². The maximum Gasteiger partial charge on any atom is 0.250 e. The van der Waals surface area contributed by atoms with Gasteiger partial charge in [0.15, 0.2) is 0 Å². The Morgan fingerprint density at radius 2 is 2.00 bits per heavy atom. The third kappa shape index (κ3) is 3.22. The summed E-state index contributed by atoms with van der Waals surface area (Å²) in [6, 6.07) is 8.56. The molecule has 0 saturated heterocycles. The zero-order valence-corrected chi connectivity index (χ0v) is 10.6. The Labute approximate surface area is 111 Å². The van der Waals surface area contributed by atoms with Gasteiger partial charge in [0, 0.05) is 19.4 Å². The van der Waals surface area contributed by atoms with Crippen molar-refractivity contribution in [2.24, 2.45) is 12.8 Å². The van der Waals surface area contributed by atoms with E-state index in [1.54, 1.807) is 24.3 Å². The number of para-hydroxylation sites is 1. The van der Waals surface area contributed by atoms with E-state index < -0.39 is 5.91 Å². The van der Waals surface area contributed by atoms with Crippen LogP contribution >= 0.6 is 0 Å². The summed E-state index contributed by atoms with van der Waals surface area (Å²) < 4.78 is 1.87. The number of nitrogens with zero attached hydrogens (tertiary/aromatic N) is 1. The van der Waals surface area contributed by atoms with Gasteiger partial charge in [0.2, 0.25) is 5.91 Å². The smallest absolute Gasteiger partial charge is 0.250 e. The van der Waals surface area contributed by atoms with Gasteiger partial charge in [-0.3, -0.25) is 9.59 Å². The highest BCUT2D eigenvalue weighted by atomic mass is 16.2. The minimum atomic E-state index is -0.560. The molecule has 1 aromatic heterocycles. The first kappa shape index (κ1) is 12.9. The Balaban J connectivity index is 2.09. The van der Waals surface area contributed by atoms with E-state index in [4.69, 9.17) is 5.73 Å². The first-order valence-corrected chi connectivity index (χ1v) is 5.86. The number of aromatic nitrogens is 1. The fourth-order valence-electron chi connectivity index (χ4n) is 1.85. The van der Waals surface area contributed by atoms with Crippen LogP contribution in [0.25, 0.3) is 0 Å². The third-order valence-electron chi connectivity index (χ3n) is 2.72. The minimum absolute atomic E-state index is 0.181. The standard InChI is InChI=1S/C14H15N3O2/c1-17-7-6-10(9-17)8-13(18)16-12-5-3-2-4-11(12)14(15)19/h2-7,9H,8H2,1H3,(H2,15,19)(H,16,18). The average molecular weight is 257 g/mol. The van der Waals surface area contributed by atoms with E-state index in [9.17, 15) is 9.59 Å². The van der Waals surface area contributed by atoms with Crippen molar-refractivity contribution in [2.75, 3.05) is 5.32 Å². The van der Waals surface area contributed by atoms with Gasteiger partial charge in [0.1, 0.15) is 0 Å². The Kier molecular flexibility index (Phi) is 3.66. The number of anilines is 1. The van der Waals surface area contributed by atoms with Gasteiger partial charge >= 0.3 is 0 Å². The quantitative estimate of drug-likeness (QED) is 0.866. The number of amides is 2. The molecular formula is C14H15N3O2. The number of carbonyl (C=O) groups is 2. The van der Waals surface area contributed by atoms with Crippen LogP contribution in [0, 0.1) is 0 Å². The largest absolute Gasteiger partial charge is 0.366 e. The molecule has 2 rings (SSSR count). The summed E-state index contributed by atoms with van der Waals surface area (Å²) in [4.78, 5) is 23.1. The maximum absolute atomic E-state index is 11.9. The lowest BCUT2D eigenvalue weighted by Crippen LogP contribution is -2.19. The molecule has 2 aromatic rings. The van der Waals surface area contributed by atoms with Crippen LogP contribution in [0.4, 0.5) is 5.69 Å². The summed E-state index contributed by atoms with van der Waals surface area (Å²) in [5.41, 5.74) is 6.92. The van der Waals surface area contributed by atoms with Gasteiger partial charge in [-0.15, -0.1) is 0 Å². The second kappa shape index (κ2) is 5.39. The molecule has 2 amide bonds. The first-order chi connectivity index (χ1) is 9.06. The fourth-order valence-corrected chi connectivity index (χ4v) is 1.85. The average Bonchev–Trinajstić information content (AvgIpc) is 2.75. The highest BCUT2D eigenvalue weighted by Crippen LogP contribution is 2.14. The van der Waals surface area contributed by atoms with Gasteiger partial charge < -0.3 is 15.6 Å². The lowest BCUT2D eigenvalue weighted by Gasteiger charge is -2.08. The van der Waals surface area contributed by atoms with Gasteiger partial charge in [-0.1, -0.05) is 12.1 Å². The van der Waals surface area contributed by atoms with Gasteiger partial charge in [0.05, 0.1) is 17.7 Å². The first-order valence-electron chi connectivity index (χ1n) is 5.86. The third-order valence-corrected chi connectivity index (χ3v) is 2.72. The molecule has 0 unspecified atom stereocenters. The van der Waals surface area contributed by atoms with Gasteiger partial charge in [-0.05, 0) is 23.8 Å². The number of carbonyl (C=O) groups excluding carboxylic acids is 2. The molecular weight excluding hydrogens is 242 g/mol. The topological polar surface area (TPSA) is 77.1 Å².